The highest BCUT2D eigenvalue weighted by molar-refractivity contribution is 7.98. The van der Waals surface area contributed by atoms with Crippen LogP contribution in [0.4, 0.5) is 0 Å². The molecule has 5 nitrogen and oxygen atoms in total. The van der Waals surface area contributed by atoms with E-state index >= 15 is 0 Å². The summed E-state index contributed by atoms with van der Waals surface area (Å²) in [7, 11) is 0. The first kappa shape index (κ1) is 21.8. The molecule has 0 bridgehead atoms. The van der Waals surface area contributed by atoms with E-state index in [-0.39, 0.29) is 12.5 Å². The Morgan fingerprint density at radius 1 is 1.07 bits per heavy atom. The standard InChI is InChI=1S/C24H26N2O3S/c1-3-20-23(17(2)19-11-7-8-12-21(19)26-20)24(28)29-15-22(27)25-13-14-30-16-18-9-5-4-6-10-18/h4-12H,3,13-16H2,1-2H3,(H,25,27). The van der Waals surface area contributed by atoms with Gasteiger partial charge in [-0.1, -0.05) is 55.5 Å². The highest BCUT2D eigenvalue weighted by Crippen LogP contribution is 2.24. The van der Waals surface area contributed by atoms with E-state index in [4.69, 9.17) is 4.74 Å². The zero-order valence-corrected chi connectivity index (χ0v) is 18.1. The van der Waals surface area contributed by atoms with Crippen molar-refractivity contribution in [3.05, 3.63) is 77.0 Å². The summed E-state index contributed by atoms with van der Waals surface area (Å²) < 4.78 is 5.29. The van der Waals surface area contributed by atoms with E-state index in [0.717, 1.165) is 28.0 Å². The number of esters is 1. The maximum Gasteiger partial charge on any atom is 0.340 e. The highest BCUT2D eigenvalue weighted by Gasteiger charge is 2.20. The van der Waals surface area contributed by atoms with Gasteiger partial charge in [0.2, 0.25) is 0 Å². The Morgan fingerprint density at radius 2 is 1.80 bits per heavy atom. The Labute approximate surface area is 181 Å². The van der Waals surface area contributed by atoms with Gasteiger partial charge in [0.15, 0.2) is 6.61 Å². The number of para-hydroxylation sites is 1. The van der Waals surface area contributed by atoms with Crippen LogP contribution in [0, 0.1) is 6.92 Å². The zero-order valence-electron chi connectivity index (χ0n) is 17.3. The number of fused-ring (bicyclic) bond motifs is 1. The fraction of sp³-hybridized carbons (Fsp3) is 0.292. The first-order chi connectivity index (χ1) is 14.6. The Morgan fingerprint density at radius 3 is 2.57 bits per heavy atom. The number of ether oxygens (including phenoxy) is 1. The van der Waals surface area contributed by atoms with E-state index in [1.54, 1.807) is 11.8 Å². The number of aryl methyl sites for hydroxylation is 2. The monoisotopic (exact) mass is 422 g/mol. The van der Waals surface area contributed by atoms with Crippen LogP contribution in [0.25, 0.3) is 10.9 Å². The number of carbonyl (C=O) groups is 2. The molecule has 3 rings (SSSR count). The second-order valence-electron chi connectivity index (χ2n) is 6.89. The smallest absolute Gasteiger partial charge is 0.340 e. The van der Waals surface area contributed by atoms with E-state index in [1.165, 1.54) is 5.56 Å². The van der Waals surface area contributed by atoms with Gasteiger partial charge >= 0.3 is 5.97 Å². The number of rotatable bonds is 9. The van der Waals surface area contributed by atoms with Gasteiger partial charge in [-0.3, -0.25) is 9.78 Å². The topological polar surface area (TPSA) is 68.3 Å². The number of pyridine rings is 1. The number of carbonyl (C=O) groups excluding carboxylic acids is 2. The van der Waals surface area contributed by atoms with Crippen molar-refractivity contribution in [3.8, 4) is 0 Å². The van der Waals surface area contributed by atoms with Crippen LogP contribution in [0.15, 0.2) is 54.6 Å². The lowest BCUT2D eigenvalue weighted by Gasteiger charge is -2.13. The molecule has 1 aromatic heterocycles. The molecule has 0 aliphatic rings. The van der Waals surface area contributed by atoms with Crippen LogP contribution in [0.3, 0.4) is 0 Å². The third-order valence-corrected chi connectivity index (χ3v) is 5.81. The third kappa shape index (κ3) is 5.60. The van der Waals surface area contributed by atoms with E-state index in [0.29, 0.717) is 24.2 Å². The van der Waals surface area contributed by atoms with Crippen LogP contribution in [0.5, 0.6) is 0 Å². The number of benzene rings is 2. The van der Waals surface area contributed by atoms with Gasteiger partial charge in [-0.25, -0.2) is 4.79 Å². The molecule has 0 saturated heterocycles. The number of thioether (sulfide) groups is 1. The molecule has 0 aliphatic heterocycles. The summed E-state index contributed by atoms with van der Waals surface area (Å²) in [6.45, 7) is 4.08. The minimum Gasteiger partial charge on any atom is -0.452 e. The highest BCUT2D eigenvalue weighted by atomic mass is 32.2. The van der Waals surface area contributed by atoms with E-state index in [9.17, 15) is 9.59 Å². The average Bonchev–Trinajstić information content (AvgIpc) is 2.77. The van der Waals surface area contributed by atoms with E-state index in [2.05, 4.69) is 22.4 Å². The van der Waals surface area contributed by atoms with Crippen LogP contribution in [-0.2, 0) is 21.7 Å². The van der Waals surface area contributed by atoms with Crippen molar-refractivity contribution in [2.24, 2.45) is 0 Å². The maximum absolute atomic E-state index is 12.7. The van der Waals surface area contributed by atoms with Crippen LogP contribution in [0.1, 0.15) is 34.1 Å². The van der Waals surface area contributed by atoms with Crippen molar-refractivity contribution in [3.63, 3.8) is 0 Å². The average molecular weight is 423 g/mol. The van der Waals surface area contributed by atoms with Gasteiger partial charge in [0.1, 0.15) is 0 Å². The summed E-state index contributed by atoms with van der Waals surface area (Å²) in [6.07, 6.45) is 0.612. The lowest BCUT2D eigenvalue weighted by Crippen LogP contribution is -2.30. The molecule has 2 aromatic carbocycles. The molecule has 1 amide bonds. The molecule has 0 fully saturated rings. The number of amides is 1. The van der Waals surface area contributed by atoms with Crippen molar-refractivity contribution >= 4 is 34.5 Å². The van der Waals surface area contributed by atoms with Crippen molar-refractivity contribution in [2.45, 2.75) is 26.0 Å². The van der Waals surface area contributed by atoms with Crippen LogP contribution >= 0.6 is 11.8 Å². The Hall–Kier alpha value is -2.86. The summed E-state index contributed by atoms with van der Waals surface area (Å²) >= 11 is 1.75. The van der Waals surface area contributed by atoms with Crippen molar-refractivity contribution in [2.75, 3.05) is 18.9 Å². The molecule has 3 aromatic rings. The molecule has 30 heavy (non-hydrogen) atoms. The maximum atomic E-state index is 12.7. The molecule has 1 N–H and O–H groups in total. The Kier molecular flexibility index (Phi) is 7.85. The molecule has 0 atom stereocenters. The molecular formula is C24H26N2O3S. The predicted molar refractivity (Wildman–Crippen MR) is 122 cm³/mol. The molecule has 0 spiro atoms. The number of aromatic nitrogens is 1. The van der Waals surface area contributed by atoms with E-state index < -0.39 is 5.97 Å². The van der Waals surface area contributed by atoms with Gasteiger partial charge in [0, 0.05) is 23.4 Å². The van der Waals surface area contributed by atoms with E-state index in [1.807, 2.05) is 56.3 Å². The summed E-state index contributed by atoms with van der Waals surface area (Å²) in [5.74, 6) is 0.895. The molecule has 0 saturated carbocycles. The largest absolute Gasteiger partial charge is 0.452 e. The van der Waals surface area contributed by atoms with Gasteiger partial charge < -0.3 is 10.1 Å². The summed E-state index contributed by atoms with van der Waals surface area (Å²) in [5, 5.41) is 3.71. The quantitative estimate of drug-likeness (QED) is 0.411. The van der Waals surface area contributed by atoms with Gasteiger partial charge in [-0.05, 0) is 30.5 Å². The van der Waals surface area contributed by atoms with Crippen molar-refractivity contribution in [1.29, 1.82) is 0 Å². The van der Waals surface area contributed by atoms with Crippen molar-refractivity contribution < 1.29 is 14.3 Å². The lowest BCUT2D eigenvalue weighted by molar-refractivity contribution is -0.124. The first-order valence-electron chi connectivity index (χ1n) is 10.0. The minimum absolute atomic E-state index is 0.294. The second kappa shape index (κ2) is 10.8. The number of nitrogens with zero attached hydrogens (tertiary/aromatic N) is 1. The molecule has 1 heterocycles. The third-order valence-electron chi connectivity index (χ3n) is 4.78. The van der Waals surface area contributed by atoms with Crippen LogP contribution in [-0.4, -0.2) is 35.8 Å². The summed E-state index contributed by atoms with van der Waals surface area (Å²) in [6, 6.07) is 17.9. The number of hydrogen-bond donors (Lipinski definition) is 1. The predicted octanol–water partition coefficient (Wildman–Crippen LogP) is 4.31. The molecule has 6 heteroatoms. The SMILES string of the molecule is CCc1nc2ccccc2c(C)c1C(=O)OCC(=O)NCCSCc1ccccc1. The molecule has 156 valence electrons. The zero-order chi connectivity index (χ0) is 21.3. The lowest BCUT2D eigenvalue weighted by atomic mass is 10.0. The van der Waals surface area contributed by atoms with Crippen LogP contribution in [0.2, 0.25) is 0 Å². The Balaban J connectivity index is 1.49. The van der Waals surface area contributed by atoms with Gasteiger partial charge in [-0.2, -0.15) is 11.8 Å². The van der Waals surface area contributed by atoms with Crippen molar-refractivity contribution in [1.82, 2.24) is 10.3 Å². The fourth-order valence-electron chi connectivity index (χ4n) is 3.25. The van der Waals surface area contributed by atoms with Crippen LogP contribution < -0.4 is 5.32 Å². The summed E-state index contributed by atoms with van der Waals surface area (Å²) in [5.41, 5.74) is 4.10. The molecule has 0 unspecified atom stereocenters. The first-order valence-corrected chi connectivity index (χ1v) is 11.2. The number of nitrogens with one attached hydrogen (secondary N) is 1. The molecular weight excluding hydrogens is 396 g/mol. The second-order valence-corrected chi connectivity index (χ2v) is 8.00. The molecule has 0 aliphatic carbocycles. The molecule has 0 radical (unpaired) electrons. The van der Waals surface area contributed by atoms with Gasteiger partial charge in [-0.15, -0.1) is 0 Å². The fourth-order valence-corrected chi connectivity index (χ4v) is 4.07. The minimum atomic E-state index is -0.504. The number of hydrogen-bond acceptors (Lipinski definition) is 5. The van der Waals surface area contributed by atoms with Gasteiger partial charge in [0.25, 0.3) is 5.91 Å². The Bertz CT molecular complexity index is 1020. The normalized spacial score (nSPS) is 10.7. The summed E-state index contributed by atoms with van der Waals surface area (Å²) in [4.78, 5) is 29.3. The van der Waals surface area contributed by atoms with Gasteiger partial charge in [0.05, 0.1) is 16.8 Å².